The number of benzene rings is 4. The first kappa shape index (κ1) is 27.3. The Morgan fingerprint density at radius 3 is 1.85 bits per heavy atom. The summed E-state index contributed by atoms with van der Waals surface area (Å²) in [7, 11) is 1.19. The highest BCUT2D eigenvalue weighted by Crippen LogP contribution is 2.31. The minimum atomic E-state index is -1.12. The van der Waals surface area contributed by atoms with Crippen LogP contribution in [0.25, 0.3) is 0 Å². The molecule has 4 aromatic rings. The van der Waals surface area contributed by atoms with E-state index in [1.807, 2.05) is 60.7 Å². The number of esters is 1. The van der Waals surface area contributed by atoms with Gasteiger partial charge in [-0.3, -0.25) is 4.79 Å². The van der Waals surface area contributed by atoms with Gasteiger partial charge in [0, 0.05) is 18.1 Å². The smallest absolute Gasteiger partial charge is 0.328 e. The van der Waals surface area contributed by atoms with Crippen LogP contribution in [0.5, 0.6) is 11.5 Å². The first-order valence-electron chi connectivity index (χ1n) is 12.2. The molecule has 0 heterocycles. The SMILES string of the molecule is COC(=O)[C@@H](Cc1ccc(OCc2ccccc2)c(OCc2ccccc2)c1)NC(=O)c1cc(F)cc(F)c1. The Morgan fingerprint density at radius 1 is 0.718 bits per heavy atom. The van der Waals surface area contributed by atoms with Crippen LogP contribution < -0.4 is 14.8 Å². The number of hydrogen-bond acceptors (Lipinski definition) is 5. The molecule has 1 N–H and O–H groups in total. The second-order valence-corrected chi connectivity index (χ2v) is 8.74. The van der Waals surface area contributed by atoms with E-state index in [9.17, 15) is 18.4 Å². The molecule has 4 rings (SSSR count). The van der Waals surface area contributed by atoms with Crippen molar-refractivity contribution in [3.05, 3.63) is 131 Å². The Kier molecular flexibility index (Phi) is 9.24. The fourth-order valence-corrected chi connectivity index (χ4v) is 3.88. The summed E-state index contributed by atoms with van der Waals surface area (Å²) in [6, 6.07) is 25.8. The molecule has 200 valence electrons. The lowest BCUT2D eigenvalue weighted by Gasteiger charge is -2.19. The molecule has 1 atom stereocenters. The summed E-state index contributed by atoms with van der Waals surface area (Å²) in [4.78, 5) is 25.2. The van der Waals surface area contributed by atoms with Gasteiger partial charge in [0.15, 0.2) is 11.5 Å². The molecule has 39 heavy (non-hydrogen) atoms. The van der Waals surface area contributed by atoms with E-state index in [-0.39, 0.29) is 18.6 Å². The van der Waals surface area contributed by atoms with Gasteiger partial charge in [0.1, 0.15) is 30.9 Å². The third kappa shape index (κ3) is 7.88. The number of nitrogens with one attached hydrogen (secondary N) is 1. The van der Waals surface area contributed by atoms with Crippen LogP contribution in [0.2, 0.25) is 0 Å². The van der Waals surface area contributed by atoms with Crippen LogP contribution in [0.4, 0.5) is 8.78 Å². The van der Waals surface area contributed by atoms with Crippen LogP contribution in [-0.2, 0) is 29.2 Å². The summed E-state index contributed by atoms with van der Waals surface area (Å²) in [6.45, 7) is 0.612. The zero-order valence-corrected chi connectivity index (χ0v) is 21.2. The van der Waals surface area contributed by atoms with E-state index in [1.54, 1.807) is 18.2 Å². The van der Waals surface area contributed by atoms with Gasteiger partial charge in [-0.25, -0.2) is 13.6 Å². The summed E-state index contributed by atoms with van der Waals surface area (Å²) in [5.74, 6) is -2.37. The molecule has 0 unspecified atom stereocenters. The predicted molar refractivity (Wildman–Crippen MR) is 141 cm³/mol. The number of amides is 1. The average Bonchev–Trinajstić information content (AvgIpc) is 2.95. The van der Waals surface area contributed by atoms with Crippen molar-refractivity contribution in [1.29, 1.82) is 0 Å². The Hall–Kier alpha value is -4.72. The van der Waals surface area contributed by atoms with Crippen LogP contribution >= 0.6 is 0 Å². The van der Waals surface area contributed by atoms with Crippen LogP contribution in [0.1, 0.15) is 27.0 Å². The molecule has 0 radical (unpaired) electrons. The molecule has 0 saturated heterocycles. The lowest BCUT2D eigenvalue weighted by molar-refractivity contribution is -0.142. The van der Waals surface area contributed by atoms with Gasteiger partial charge < -0.3 is 19.5 Å². The van der Waals surface area contributed by atoms with Crippen molar-refractivity contribution < 1.29 is 32.6 Å². The maximum Gasteiger partial charge on any atom is 0.328 e. The molecule has 0 saturated carbocycles. The summed E-state index contributed by atoms with van der Waals surface area (Å²) in [5.41, 5.74) is 2.33. The van der Waals surface area contributed by atoms with Gasteiger partial charge in [0.05, 0.1) is 7.11 Å². The van der Waals surface area contributed by atoms with Crippen molar-refractivity contribution in [2.75, 3.05) is 7.11 Å². The molecule has 0 bridgehead atoms. The van der Waals surface area contributed by atoms with E-state index in [4.69, 9.17) is 14.2 Å². The Balaban J connectivity index is 1.54. The number of methoxy groups -OCH3 is 1. The van der Waals surface area contributed by atoms with Gasteiger partial charge in [-0.15, -0.1) is 0 Å². The van der Waals surface area contributed by atoms with Gasteiger partial charge in [-0.05, 0) is 41.0 Å². The van der Waals surface area contributed by atoms with Crippen LogP contribution in [0, 0.1) is 11.6 Å². The normalized spacial score (nSPS) is 11.4. The van der Waals surface area contributed by atoms with Crippen molar-refractivity contribution in [1.82, 2.24) is 5.32 Å². The third-order valence-electron chi connectivity index (χ3n) is 5.84. The number of ether oxygens (including phenoxy) is 3. The molecule has 8 heteroatoms. The molecule has 0 aromatic heterocycles. The Bertz CT molecular complexity index is 1390. The monoisotopic (exact) mass is 531 g/mol. The minimum Gasteiger partial charge on any atom is -0.485 e. The maximum atomic E-state index is 13.6. The van der Waals surface area contributed by atoms with Crippen molar-refractivity contribution in [2.24, 2.45) is 0 Å². The van der Waals surface area contributed by atoms with E-state index < -0.39 is 29.6 Å². The van der Waals surface area contributed by atoms with Crippen molar-refractivity contribution in [3.8, 4) is 11.5 Å². The molecule has 1 amide bonds. The van der Waals surface area contributed by atoms with Gasteiger partial charge in [0.2, 0.25) is 0 Å². The van der Waals surface area contributed by atoms with Crippen LogP contribution in [0.15, 0.2) is 97.1 Å². The summed E-state index contributed by atoms with van der Waals surface area (Å²) in [5, 5.41) is 2.51. The Labute approximate surface area is 225 Å². The molecular formula is C31H27F2NO5. The lowest BCUT2D eigenvalue weighted by atomic mass is 10.0. The van der Waals surface area contributed by atoms with Gasteiger partial charge >= 0.3 is 5.97 Å². The second-order valence-electron chi connectivity index (χ2n) is 8.74. The topological polar surface area (TPSA) is 73.9 Å². The highest BCUT2D eigenvalue weighted by atomic mass is 19.1. The van der Waals surface area contributed by atoms with E-state index in [0.29, 0.717) is 29.7 Å². The first-order chi connectivity index (χ1) is 18.9. The summed E-state index contributed by atoms with van der Waals surface area (Å²) < 4.78 is 44.2. The summed E-state index contributed by atoms with van der Waals surface area (Å²) >= 11 is 0. The van der Waals surface area contributed by atoms with Crippen molar-refractivity contribution >= 4 is 11.9 Å². The first-order valence-corrected chi connectivity index (χ1v) is 12.2. The molecule has 0 aliphatic heterocycles. The van der Waals surface area contributed by atoms with E-state index in [2.05, 4.69) is 5.32 Å². The second kappa shape index (κ2) is 13.2. The van der Waals surface area contributed by atoms with E-state index in [1.165, 1.54) is 7.11 Å². The standard InChI is InChI=1S/C31H27F2NO5/c1-37-31(36)27(34-30(35)24-16-25(32)18-26(33)17-24)14-23-12-13-28(38-19-21-8-4-2-5-9-21)29(15-23)39-20-22-10-6-3-7-11-22/h2-13,15-18,27H,14,19-20H2,1H3,(H,34,35)/t27-/m1/s1. The fourth-order valence-electron chi connectivity index (χ4n) is 3.88. The van der Waals surface area contributed by atoms with Crippen LogP contribution in [-0.4, -0.2) is 25.0 Å². The average molecular weight is 532 g/mol. The zero-order valence-electron chi connectivity index (χ0n) is 21.2. The fraction of sp³-hybridized carbons (Fsp3) is 0.161. The highest BCUT2D eigenvalue weighted by molar-refractivity contribution is 5.96. The molecule has 0 aliphatic carbocycles. The van der Waals surface area contributed by atoms with Crippen molar-refractivity contribution in [2.45, 2.75) is 25.7 Å². The quantitative estimate of drug-likeness (QED) is 0.254. The van der Waals surface area contributed by atoms with Crippen LogP contribution in [0.3, 0.4) is 0 Å². The number of hydrogen-bond donors (Lipinski definition) is 1. The maximum absolute atomic E-state index is 13.6. The molecule has 0 aliphatic rings. The molecular weight excluding hydrogens is 504 g/mol. The van der Waals surface area contributed by atoms with E-state index >= 15 is 0 Å². The third-order valence-corrected chi connectivity index (χ3v) is 5.84. The number of rotatable bonds is 11. The molecule has 4 aromatic carbocycles. The zero-order chi connectivity index (χ0) is 27.6. The van der Waals surface area contributed by atoms with Gasteiger partial charge in [-0.1, -0.05) is 66.7 Å². The predicted octanol–water partition coefficient (Wildman–Crippen LogP) is 5.64. The molecule has 0 spiro atoms. The van der Waals surface area contributed by atoms with E-state index in [0.717, 1.165) is 23.3 Å². The number of carbonyl (C=O) groups is 2. The number of halogens is 2. The lowest BCUT2D eigenvalue weighted by Crippen LogP contribution is -2.43. The van der Waals surface area contributed by atoms with Gasteiger partial charge in [0.25, 0.3) is 5.91 Å². The minimum absolute atomic E-state index is 0.0386. The number of carbonyl (C=O) groups excluding carboxylic acids is 2. The molecule has 0 fully saturated rings. The van der Waals surface area contributed by atoms with Crippen molar-refractivity contribution in [3.63, 3.8) is 0 Å². The largest absolute Gasteiger partial charge is 0.485 e. The Morgan fingerprint density at radius 2 is 1.28 bits per heavy atom. The van der Waals surface area contributed by atoms with Gasteiger partial charge in [-0.2, -0.15) is 0 Å². The molecule has 6 nitrogen and oxygen atoms in total. The summed E-state index contributed by atoms with van der Waals surface area (Å²) in [6.07, 6.45) is 0.0386. The highest BCUT2D eigenvalue weighted by Gasteiger charge is 2.24.